The van der Waals surface area contributed by atoms with E-state index in [1.807, 2.05) is 38.2 Å². The van der Waals surface area contributed by atoms with Crippen molar-refractivity contribution in [2.45, 2.75) is 78.2 Å². The van der Waals surface area contributed by atoms with E-state index in [0.29, 0.717) is 12.8 Å². The second-order valence-electron chi connectivity index (χ2n) is 7.85. The number of ketones is 1. The highest BCUT2D eigenvalue weighted by atomic mass is 16.4. The van der Waals surface area contributed by atoms with Crippen molar-refractivity contribution < 1.29 is 19.8 Å². The highest BCUT2D eigenvalue weighted by Crippen LogP contribution is 2.26. The van der Waals surface area contributed by atoms with Gasteiger partial charge in [-0.2, -0.15) is 0 Å². The fraction of sp³-hybridized carbons (Fsp3) is 0.652. The van der Waals surface area contributed by atoms with E-state index in [9.17, 15) is 19.8 Å². The molecule has 0 aromatic heterocycles. The molecule has 0 aromatic carbocycles. The number of hydrogen-bond acceptors (Lipinski definition) is 3. The van der Waals surface area contributed by atoms with Crippen molar-refractivity contribution in [1.82, 2.24) is 0 Å². The summed E-state index contributed by atoms with van der Waals surface area (Å²) in [6.45, 7) is 6.01. The van der Waals surface area contributed by atoms with E-state index in [0.717, 1.165) is 44.1 Å². The Morgan fingerprint density at radius 3 is 2.59 bits per heavy atom. The van der Waals surface area contributed by atoms with Gasteiger partial charge in [-0.25, -0.2) is 0 Å². The standard InChI is InChI=1S/C23H36O4/c1-4-5-7-11-19(24)14-15-21-18(13-16-22(21)25)10-8-6-9-12-20(17(2)3)23(26)27/h6,8,13,15-20,24H,4-5,7,9-12,14H2,1-3H3,(H,26,27)/b8-6-,21-15+/t18-,19-,20?/m0/s1. The molecule has 0 fully saturated rings. The van der Waals surface area contributed by atoms with Crippen molar-refractivity contribution in [3.63, 3.8) is 0 Å². The molecule has 1 unspecified atom stereocenters. The van der Waals surface area contributed by atoms with Crippen LogP contribution in [0.5, 0.6) is 0 Å². The van der Waals surface area contributed by atoms with Gasteiger partial charge in [-0.05, 0) is 44.1 Å². The van der Waals surface area contributed by atoms with Crippen LogP contribution in [0, 0.1) is 17.8 Å². The van der Waals surface area contributed by atoms with Gasteiger partial charge in [-0.1, -0.05) is 64.3 Å². The third kappa shape index (κ3) is 8.70. The maximum atomic E-state index is 12.1. The Balaban J connectivity index is 2.46. The molecular formula is C23H36O4. The Morgan fingerprint density at radius 2 is 1.96 bits per heavy atom. The van der Waals surface area contributed by atoms with Gasteiger partial charge in [0.15, 0.2) is 5.78 Å². The summed E-state index contributed by atoms with van der Waals surface area (Å²) in [7, 11) is 0. The molecule has 0 bridgehead atoms. The number of allylic oxidation sites excluding steroid dienone is 5. The zero-order valence-corrected chi connectivity index (χ0v) is 17.1. The number of aliphatic carboxylic acids is 1. The van der Waals surface area contributed by atoms with Gasteiger partial charge in [0.2, 0.25) is 0 Å². The van der Waals surface area contributed by atoms with E-state index in [1.54, 1.807) is 6.08 Å². The summed E-state index contributed by atoms with van der Waals surface area (Å²) in [4.78, 5) is 23.3. The summed E-state index contributed by atoms with van der Waals surface area (Å²) in [6, 6.07) is 0. The summed E-state index contributed by atoms with van der Waals surface area (Å²) >= 11 is 0. The van der Waals surface area contributed by atoms with Gasteiger partial charge in [0.25, 0.3) is 0 Å². The minimum atomic E-state index is -0.731. The smallest absolute Gasteiger partial charge is 0.306 e. The van der Waals surface area contributed by atoms with Crippen LogP contribution in [0.1, 0.15) is 72.1 Å². The van der Waals surface area contributed by atoms with Crippen molar-refractivity contribution in [1.29, 1.82) is 0 Å². The molecule has 0 spiro atoms. The second kappa shape index (κ2) is 12.7. The van der Waals surface area contributed by atoms with Crippen LogP contribution in [0.3, 0.4) is 0 Å². The number of carbonyl (C=O) groups is 2. The number of aliphatic hydroxyl groups is 1. The van der Waals surface area contributed by atoms with Gasteiger partial charge in [0, 0.05) is 11.5 Å². The van der Waals surface area contributed by atoms with Gasteiger partial charge in [0.1, 0.15) is 0 Å². The minimum Gasteiger partial charge on any atom is -0.481 e. The Hall–Kier alpha value is -1.68. The molecule has 0 heterocycles. The Bertz CT molecular complexity index is 557. The first-order chi connectivity index (χ1) is 12.9. The van der Waals surface area contributed by atoms with Crippen LogP contribution in [0.15, 0.2) is 36.0 Å². The van der Waals surface area contributed by atoms with Crippen molar-refractivity contribution >= 4 is 11.8 Å². The predicted octanol–water partition coefficient (Wildman–Crippen LogP) is 5.08. The molecule has 0 aliphatic heterocycles. The molecular weight excluding hydrogens is 340 g/mol. The number of carboxylic acid groups (broad SMARTS) is 1. The summed E-state index contributed by atoms with van der Waals surface area (Å²) in [5.74, 6) is -0.806. The molecule has 0 amide bonds. The van der Waals surface area contributed by atoms with E-state index in [-0.39, 0.29) is 29.6 Å². The molecule has 0 radical (unpaired) electrons. The molecule has 2 N–H and O–H groups in total. The molecule has 3 atom stereocenters. The zero-order valence-electron chi connectivity index (χ0n) is 17.1. The first kappa shape index (κ1) is 23.4. The monoisotopic (exact) mass is 376 g/mol. The SMILES string of the molecule is CCCCC[C@H](O)C/C=C1/C(=O)C=C[C@@H]1C/C=C\CCC(C(=O)O)C(C)C. The predicted molar refractivity (Wildman–Crippen MR) is 109 cm³/mol. The van der Waals surface area contributed by atoms with Crippen LogP contribution in [-0.2, 0) is 9.59 Å². The summed E-state index contributed by atoms with van der Waals surface area (Å²) < 4.78 is 0. The van der Waals surface area contributed by atoms with Crippen molar-refractivity contribution in [3.05, 3.63) is 36.0 Å². The number of aliphatic hydroxyl groups excluding tert-OH is 1. The molecule has 0 aromatic rings. The summed E-state index contributed by atoms with van der Waals surface area (Å²) in [5, 5.41) is 19.3. The van der Waals surface area contributed by atoms with Gasteiger partial charge >= 0.3 is 5.97 Å². The average molecular weight is 377 g/mol. The zero-order chi connectivity index (χ0) is 20.2. The number of hydrogen-bond donors (Lipinski definition) is 2. The second-order valence-corrected chi connectivity index (χ2v) is 7.85. The van der Waals surface area contributed by atoms with Crippen molar-refractivity contribution in [2.24, 2.45) is 17.8 Å². The minimum absolute atomic E-state index is 0.0416. The molecule has 27 heavy (non-hydrogen) atoms. The molecule has 4 nitrogen and oxygen atoms in total. The lowest BCUT2D eigenvalue weighted by molar-refractivity contribution is -0.143. The summed E-state index contributed by atoms with van der Waals surface area (Å²) in [6.07, 6.45) is 15.8. The van der Waals surface area contributed by atoms with E-state index >= 15 is 0 Å². The first-order valence-corrected chi connectivity index (χ1v) is 10.3. The maximum absolute atomic E-state index is 12.1. The molecule has 1 aliphatic carbocycles. The molecule has 0 saturated carbocycles. The number of carboxylic acids is 1. The molecule has 0 saturated heterocycles. The molecule has 1 aliphatic rings. The average Bonchev–Trinajstić information content (AvgIpc) is 2.95. The van der Waals surface area contributed by atoms with Gasteiger partial charge in [-0.3, -0.25) is 9.59 Å². The largest absolute Gasteiger partial charge is 0.481 e. The van der Waals surface area contributed by atoms with Crippen molar-refractivity contribution in [2.75, 3.05) is 0 Å². The van der Waals surface area contributed by atoms with Crippen molar-refractivity contribution in [3.8, 4) is 0 Å². The Kier molecular flexibility index (Phi) is 11.0. The molecule has 152 valence electrons. The quantitative estimate of drug-likeness (QED) is 0.267. The van der Waals surface area contributed by atoms with Crippen LogP contribution in [0.4, 0.5) is 0 Å². The highest BCUT2D eigenvalue weighted by Gasteiger charge is 2.22. The van der Waals surface area contributed by atoms with Crippen LogP contribution in [0.25, 0.3) is 0 Å². The van der Waals surface area contributed by atoms with Gasteiger partial charge in [-0.15, -0.1) is 0 Å². The van der Waals surface area contributed by atoms with Crippen LogP contribution >= 0.6 is 0 Å². The Labute approximate surface area is 164 Å². The fourth-order valence-corrected chi connectivity index (χ4v) is 3.43. The van der Waals surface area contributed by atoms with Gasteiger partial charge in [0.05, 0.1) is 12.0 Å². The Morgan fingerprint density at radius 1 is 1.22 bits per heavy atom. The van der Waals surface area contributed by atoms with Crippen LogP contribution in [0.2, 0.25) is 0 Å². The third-order valence-corrected chi connectivity index (χ3v) is 5.24. The van der Waals surface area contributed by atoms with Crippen LogP contribution in [-0.4, -0.2) is 28.1 Å². The molecule has 4 heteroatoms. The van der Waals surface area contributed by atoms with E-state index in [1.165, 1.54) is 0 Å². The van der Waals surface area contributed by atoms with Crippen LogP contribution < -0.4 is 0 Å². The third-order valence-electron chi connectivity index (χ3n) is 5.24. The van der Waals surface area contributed by atoms with E-state index in [2.05, 4.69) is 6.92 Å². The number of carbonyl (C=O) groups excluding carboxylic acids is 1. The lowest BCUT2D eigenvalue weighted by atomic mass is 9.91. The lowest BCUT2D eigenvalue weighted by Gasteiger charge is -2.14. The topological polar surface area (TPSA) is 74.6 Å². The molecule has 1 rings (SSSR count). The van der Waals surface area contributed by atoms with E-state index in [4.69, 9.17) is 0 Å². The van der Waals surface area contributed by atoms with Gasteiger partial charge < -0.3 is 10.2 Å². The lowest BCUT2D eigenvalue weighted by Crippen LogP contribution is -2.19. The maximum Gasteiger partial charge on any atom is 0.306 e. The fourth-order valence-electron chi connectivity index (χ4n) is 3.43. The normalized spacial score (nSPS) is 20.9. The highest BCUT2D eigenvalue weighted by molar-refractivity contribution is 6.07. The first-order valence-electron chi connectivity index (χ1n) is 10.3. The summed E-state index contributed by atoms with van der Waals surface area (Å²) in [5.41, 5.74) is 0.778. The van der Waals surface area contributed by atoms with E-state index < -0.39 is 5.97 Å². The number of rotatable bonds is 13. The number of unbranched alkanes of at least 4 members (excludes halogenated alkanes) is 2.